The van der Waals surface area contributed by atoms with Gasteiger partial charge in [-0.2, -0.15) is 5.26 Å². The Labute approximate surface area is 94.0 Å². The first-order valence-electron chi connectivity index (χ1n) is 5.04. The van der Waals surface area contributed by atoms with Crippen molar-refractivity contribution in [2.45, 2.75) is 39.2 Å². The molecule has 0 saturated heterocycles. The monoisotopic (exact) mass is 225 g/mol. The average Bonchev–Trinajstić information content (AvgIpc) is 2.22. The van der Waals surface area contributed by atoms with Gasteiger partial charge in [-0.3, -0.25) is 4.79 Å². The zero-order valence-electron chi connectivity index (χ0n) is 9.36. The average molecular weight is 225 g/mol. The van der Waals surface area contributed by atoms with Gasteiger partial charge in [0.25, 0.3) is 0 Å². The molecule has 0 amide bonds. The molecule has 0 aliphatic carbocycles. The second-order valence-corrected chi connectivity index (χ2v) is 3.41. The van der Waals surface area contributed by atoms with Crippen LogP contribution in [0.1, 0.15) is 33.1 Å². The van der Waals surface area contributed by atoms with Crippen molar-refractivity contribution >= 4 is 11.8 Å². The van der Waals surface area contributed by atoms with Gasteiger partial charge in [-0.15, -0.1) is 0 Å². The van der Waals surface area contributed by atoms with Crippen molar-refractivity contribution in [2.75, 3.05) is 0 Å². The van der Waals surface area contributed by atoms with Crippen LogP contribution in [-0.2, 0) is 9.59 Å². The summed E-state index contributed by atoms with van der Waals surface area (Å²) in [6.07, 6.45) is 0.261. The number of carbonyl (C=O) groups is 2. The van der Waals surface area contributed by atoms with Gasteiger partial charge in [0.05, 0.1) is 6.07 Å². The van der Waals surface area contributed by atoms with E-state index >= 15 is 0 Å². The Hall–Kier alpha value is -1.67. The lowest BCUT2D eigenvalue weighted by Gasteiger charge is -2.07. The number of carboxylic acids is 1. The Morgan fingerprint density at radius 2 is 2.00 bits per heavy atom. The van der Waals surface area contributed by atoms with E-state index < -0.39 is 23.4 Å². The summed E-state index contributed by atoms with van der Waals surface area (Å²) in [6.45, 7) is 3.08. The molecule has 0 heterocycles. The van der Waals surface area contributed by atoms with E-state index in [4.69, 9.17) is 15.5 Å². The summed E-state index contributed by atoms with van der Waals surface area (Å²) in [5.74, 6) is -2.38. The molecule has 5 nitrogen and oxygen atoms in total. The van der Waals surface area contributed by atoms with E-state index in [0.29, 0.717) is 6.42 Å². The number of aliphatic carboxylic acids is 1. The summed E-state index contributed by atoms with van der Waals surface area (Å²) in [6, 6.07) is 1.72. The first kappa shape index (κ1) is 14.3. The van der Waals surface area contributed by atoms with Gasteiger partial charge in [0.2, 0.25) is 0 Å². The lowest BCUT2D eigenvalue weighted by Crippen LogP contribution is -2.24. The normalized spacial score (nSPS) is 13.6. The number of hydrogen-bond donors (Lipinski definition) is 2. The van der Waals surface area contributed by atoms with Crippen LogP contribution in [0.25, 0.3) is 0 Å². The number of hydrogen-bond acceptors (Lipinski definition) is 4. The Balaban J connectivity index is 5.27. The minimum Gasteiger partial charge on any atom is -0.478 e. The van der Waals surface area contributed by atoms with Crippen LogP contribution in [-0.4, -0.2) is 28.1 Å². The maximum Gasteiger partial charge on any atom is 0.340 e. The van der Waals surface area contributed by atoms with Crippen molar-refractivity contribution in [1.82, 2.24) is 0 Å². The summed E-state index contributed by atoms with van der Waals surface area (Å²) in [5.41, 5.74) is -0.661. The number of ketones is 1. The first-order valence-corrected chi connectivity index (χ1v) is 5.04. The van der Waals surface area contributed by atoms with E-state index in [1.165, 1.54) is 6.92 Å². The second kappa shape index (κ2) is 6.75. The summed E-state index contributed by atoms with van der Waals surface area (Å²) in [5, 5.41) is 26.7. The minimum atomic E-state index is -1.46. The number of nitrogens with zero attached hydrogens (tertiary/aromatic N) is 1. The highest BCUT2D eigenvalue weighted by Gasteiger charge is 2.25. The molecule has 0 radical (unpaired) electrons. The van der Waals surface area contributed by atoms with Crippen molar-refractivity contribution in [3.05, 3.63) is 11.1 Å². The third kappa shape index (κ3) is 3.83. The zero-order valence-corrected chi connectivity index (χ0v) is 9.36. The molecule has 88 valence electrons. The molecule has 16 heavy (non-hydrogen) atoms. The molecular weight excluding hydrogens is 210 g/mol. The summed E-state index contributed by atoms with van der Waals surface area (Å²) in [4.78, 5) is 22.3. The summed E-state index contributed by atoms with van der Waals surface area (Å²) < 4.78 is 0. The van der Waals surface area contributed by atoms with E-state index in [1.54, 1.807) is 6.07 Å². The zero-order chi connectivity index (χ0) is 12.7. The van der Waals surface area contributed by atoms with Crippen LogP contribution in [0.5, 0.6) is 0 Å². The molecule has 0 spiro atoms. The highest BCUT2D eigenvalue weighted by Crippen LogP contribution is 2.14. The fourth-order valence-corrected chi connectivity index (χ4v) is 1.18. The van der Waals surface area contributed by atoms with E-state index in [-0.39, 0.29) is 12.0 Å². The van der Waals surface area contributed by atoms with Gasteiger partial charge >= 0.3 is 5.97 Å². The molecule has 2 N–H and O–H groups in total. The third-order valence-corrected chi connectivity index (χ3v) is 2.06. The van der Waals surface area contributed by atoms with Crippen molar-refractivity contribution in [3.63, 3.8) is 0 Å². The predicted octanol–water partition coefficient (Wildman–Crippen LogP) is 1.03. The Kier molecular flexibility index (Phi) is 6.04. The predicted molar refractivity (Wildman–Crippen MR) is 56.5 cm³/mol. The number of unbranched alkanes of at least 4 members (excludes halogenated alkanes) is 1. The van der Waals surface area contributed by atoms with Crippen LogP contribution in [0, 0.1) is 11.3 Å². The van der Waals surface area contributed by atoms with Gasteiger partial charge in [0.15, 0.2) is 5.78 Å². The molecule has 0 aliphatic heterocycles. The third-order valence-electron chi connectivity index (χ3n) is 2.06. The molecule has 0 fully saturated rings. The van der Waals surface area contributed by atoms with Crippen molar-refractivity contribution < 1.29 is 19.8 Å². The molecule has 0 aromatic rings. The van der Waals surface area contributed by atoms with Crippen molar-refractivity contribution in [2.24, 2.45) is 0 Å². The van der Waals surface area contributed by atoms with E-state index in [0.717, 1.165) is 6.42 Å². The van der Waals surface area contributed by atoms with Crippen LogP contribution >= 0.6 is 0 Å². The quantitative estimate of drug-likeness (QED) is 0.304. The van der Waals surface area contributed by atoms with Gasteiger partial charge in [0, 0.05) is 5.57 Å². The summed E-state index contributed by atoms with van der Waals surface area (Å²) in [7, 11) is 0. The Morgan fingerprint density at radius 1 is 1.44 bits per heavy atom. The fraction of sp³-hybridized carbons (Fsp3) is 0.545. The molecule has 1 atom stereocenters. The van der Waals surface area contributed by atoms with Crippen LogP contribution in [0.2, 0.25) is 0 Å². The van der Waals surface area contributed by atoms with Crippen molar-refractivity contribution in [1.29, 1.82) is 5.26 Å². The number of nitriles is 1. The maximum atomic E-state index is 11.4. The highest BCUT2D eigenvalue weighted by molar-refractivity contribution is 6.19. The second-order valence-electron chi connectivity index (χ2n) is 3.41. The largest absolute Gasteiger partial charge is 0.478 e. The SMILES string of the molecule is CCCCC(C#N)=C(C(=O)O)C(=O)C(C)O. The van der Waals surface area contributed by atoms with Gasteiger partial charge in [-0.1, -0.05) is 13.3 Å². The highest BCUT2D eigenvalue weighted by atomic mass is 16.4. The summed E-state index contributed by atoms with van der Waals surface area (Å²) >= 11 is 0. The van der Waals surface area contributed by atoms with E-state index in [1.807, 2.05) is 6.92 Å². The molecule has 0 aromatic carbocycles. The molecular formula is C11H15NO4. The molecule has 0 bridgehead atoms. The van der Waals surface area contributed by atoms with Gasteiger partial charge in [0.1, 0.15) is 11.7 Å². The number of allylic oxidation sites excluding steroid dienone is 1. The van der Waals surface area contributed by atoms with Crippen molar-refractivity contribution in [3.8, 4) is 6.07 Å². The van der Waals surface area contributed by atoms with Crippen LogP contribution in [0.4, 0.5) is 0 Å². The lowest BCUT2D eigenvalue weighted by atomic mass is 9.98. The van der Waals surface area contributed by atoms with Gasteiger partial charge < -0.3 is 10.2 Å². The maximum absolute atomic E-state index is 11.4. The molecule has 5 heteroatoms. The molecule has 0 saturated carbocycles. The van der Waals surface area contributed by atoms with Gasteiger partial charge in [-0.05, 0) is 19.8 Å². The number of rotatable bonds is 6. The molecule has 0 aliphatic rings. The molecule has 1 unspecified atom stereocenters. The first-order chi connectivity index (χ1) is 7.45. The number of Topliss-reactive ketones (excluding diaryl/α,β-unsaturated/α-hetero) is 1. The number of aliphatic hydroxyl groups excluding tert-OH is 1. The van der Waals surface area contributed by atoms with Gasteiger partial charge in [-0.25, -0.2) is 4.79 Å². The topological polar surface area (TPSA) is 98.4 Å². The van der Waals surface area contributed by atoms with E-state index in [9.17, 15) is 9.59 Å². The molecule has 0 rings (SSSR count). The Morgan fingerprint density at radius 3 is 2.31 bits per heavy atom. The number of carboxylic acid groups (broad SMARTS) is 1. The molecule has 0 aromatic heterocycles. The van der Waals surface area contributed by atoms with Crippen LogP contribution < -0.4 is 0 Å². The lowest BCUT2D eigenvalue weighted by molar-refractivity contribution is -0.136. The minimum absolute atomic E-state index is 0.0692. The standard InChI is InChI=1S/C11H15NO4/c1-3-4-5-8(6-12)9(11(15)16)10(14)7(2)13/h7,13H,3-5H2,1-2H3,(H,15,16). The fourth-order valence-electron chi connectivity index (χ4n) is 1.18. The number of carbonyl (C=O) groups excluding carboxylic acids is 1. The number of aliphatic hydroxyl groups is 1. The van der Waals surface area contributed by atoms with E-state index in [2.05, 4.69) is 0 Å². The smallest absolute Gasteiger partial charge is 0.340 e. The van der Waals surface area contributed by atoms with Crippen LogP contribution in [0.3, 0.4) is 0 Å². The van der Waals surface area contributed by atoms with Crippen LogP contribution in [0.15, 0.2) is 11.1 Å². The Bertz CT molecular complexity index is 349.